The number of piperidine rings is 1. The lowest BCUT2D eigenvalue weighted by Gasteiger charge is -2.46. The molecule has 2 aliphatic heterocycles. The minimum Gasteiger partial charge on any atom is -0.375 e. The van der Waals surface area contributed by atoms with E-state index >= 15 is 0 Å². The van der Waals surface area contributed by atoms with Gasteiger partial charge in [-0.05, 0) is 31.2 Å². The smallest absolute Gasteiger partial charge is 0.226 e. The number of benzene rings is 1. The van der Waals surface area contributed by atoms with Crippen LogP contribution in [-0.4, -0.2) is 48.1 Å². The number of ether oxygens (including phenoxy) is 1. The van der Waals surface area contributed by atoms with Crippen molar-refractivity contribution in [2.24, 2.45) is 0 Å². The van der Waals surface area contributed by atoms with Crippen LogP contribution in [0.1, 0.15) is 38.2 Å². The highest BCUT2D eigenvalue weighted by Gasteiger charge is 2.41. The minimum atomic E-state index is -0.172. The average molecular weight is 330 g/mol. The van der Waals surface area contributed by atoms with Crippen molar-refractivity contribution >= 4 is 11.8 Å². The summed E-state index contributed by atoms with van der Waals surface area (Å²) in [5.41, 5.74) is 0.886. The van der Waals surface area contributed by atoms with Crippen LogP contribution < -0.4 is 5.32 Å². The van der Waals surface area contributed by atoms with Gasteiger partial charge in [0.1, 0.15) is 0 Å². The lowest BCUT2D eigenvalue weighted by molar-refractivity contribution is -0.144. The summed E-state index contributed by atoms with van der Waals surface area (Å²) < 4.78 is 6.08. The van der Waals surface area contributed by atoms with Crippen LogP contribution in [0, 0.1) is 0 Å². The molecule has 0 aromatic heterocycles. The summed E-state index contributed by atoms with van der Waals surface area (Å²) >= 11 is 0. The molecule has 0 radical (unpaired) electrons. The number of nitrogens with zero attached hydrogens (tertiary/aromatic N) is 1. The Balaban J connectivity index is 1.53. The van der Waals surface area contributed by atoms with Crippen LogP contribution >= 0.6 is 0 Å². The Bertz CT molecular complexity index is 580. The summed E-state index contributed by atoms with van der Waals surface area (Å²) in [6.07, 6.45) is 3.89. The summed E-state index contributed by atoms with van der Waals surface area (Å²) in [4.78, 5) is 25.7. The summed E-state index contributed by atoms with van der Waals surface area (Å²) in [5.74, 6) is 0.206. The third-order valence-electron chi connectivity index (χ3n) is 5.13. The second kappa shape index (κ2) is 7.34. The molecule has 1 spiro atoms. The lowest BCUT2D eigenvalue weighted by Crippen LogP contribution is -2.54. The molecule has 0 saturated carbocycles. The first kappa shape index (κ1) is 17.0. The molecule has 2 fully saturated rings. The van der Waals surface area contributed by atoms with Gasteiger partial charge >= 0.3 is 0 Å². The van der Waals surface area contributed by atoms with Gasteiger partial charge in [0.2, 0.25) is 11.8 Å². The van der Waals surface area contributed by atoms with Crippen molar-refractivity contribution in [2.75, 3.05) is 19.7 Å². The van der Waals surface area contributed by atoms with Crippen molar-refractivity contribution in [3.8, 4) is 0 Å². The van der Waals surface area contributed by atoms with E-state index in [1.165, 1.54) is 0 Å². The first-order chi connectivity index (χ1) is 11.6. The van der Waals surface area contributed by atoms with Crippen LogP contribution in [0.4, 0.5) is 0 Å². The summed E-state index contributed by atoms with van der Waals surface area (Å²) in [6.45, 7) is 3.72. The Kier molecular flexibility index (Phi) is 5.19. The van der Waals surface area contributed by atoms with E-state index in [1.807, 2.05) is 35.2 Å². The molecule has 2 saturated heterocycles. The highest BCUT2D eigenvalue weighted by atomic mass is 16.5. The maximum Gasteiger partial charge on any atom is 0.226 e. The molecule has 1 unspecified atom stereocenters. The number of amides is 2. The van der Waals surface area contributed by atoms with E-state index in [2.05, 4.69) is 5.32 Å². The van der Waals surface area contributed by atoms with Crippen LogP contribution in [0.3, 0.4) is 0 Å². The zero-order valence-electron chi connectivity index (χ0n) is 14.3. The van der Waals surface area contributed by atoms with Gasteiger partial charge in [-0.15, -0.1) is 0 Å². The van der Waals surface area contributed by atoms with Gasteiger partial charge in [-0.1, -0.05) is 30.3 Å². The molecular weight excluding hydrogens is 304 g/mol. The van der Waals surface area contributed by atoms with Gasteiger partial charge in [-0.25, -0.2) is 0 Å². The van der Waals surface area contributed by atoms with Gasteiger partial charge in [-0.2, -0.15) is 0 Å². The molecule has 3 rings (SSSR count). The van der Waals surface area contributed by atoms with Crippen LogP contribution in [0.2, 0.25) is 0 Å². The second-order valence-corrected chi connectivity index (χ2v) is 6.96. The maximum absolute atomic E-state index is 12.5. The highest BCUT2D eigenvalue weighted by molar-refractivity contribution is 5.78. The monoisotopic (exact) mass is 330 g/mol. The van der Waals surface area contributed by atoms with Crippen molar-refractivity contribution in [1.82, 2.24) is 10.2 Å². The molecule has 5 nitrogen and oxygen atoms in total. The van der Waals surface area contributed by atoms with Crippen LogP contribution in [0.15, 0.2) is 30.3 Å². The number of nitrogens with one attached hydrogen (secondary N) is 1. The fraction of sp³-hybridized carbons (Fsp3) is 0.579. The second-order valence-electron chi connectivity index (χ2n) is 6.96. The van der Waals surface area contributed by atoms with E-state index in [1.54, 1.807) is 6.92 Å². The van der Waals surface area contributed by atoms with Crippen molar-refractivity contribution in [3.63, 3.8) is 0 Å². The average Bonchev–Trinajstić information content (AvgIpc) is 2.56. The molecule has 2 heterocycles. The van der Waals surface area contributed by atoms with E-state index in [0.29, 0.717) is 13.0 Å². The molecule has 1 N–H and O–H groups in total. The number of rotatable bonds is 3. The zero-order chi connectivity index (χ0) is 17.0. The first-order valence-corrected chi connectivity index (χ1v) is 8.79. The van der Waals surface area contributed by atoms with Gasteiger partial charge < -0.3 is 15.0 Å². The summed E-state index contributed by atoms with van der Waals surface area (Å²) in [5, 5.41) is 3.02. The Labute approximate surface area is 143 Å². The largest absolute Gasteiger partial charge is 0.375 e. The van der Waals surface area contributed by atoms with Crippen molar-refractivity contribution in [2.45, 2.75) is 50.7 Å². The van der Waals surface area contributed by atoms with Crippen LogP contribution in [0.25, 0.3) is 0 Å². The molecule has 0 aliphatic carbocycles. The van der Waals surface area contributed by atoms with Gasteiger partial charge in [0.05, 0.1) is 12.0 Å². The SMILES string of the molecule is CC(=O)NC1CCOC2(CCN(C(=O)Cc3ccccc3)CC2)C1. The molecule has 24 heavy (non-hydrogen) atoms. The number of likely N-dealkylation sites (tertiary alicyclic amines) is 1. The van der Waals surface area contributed by atoms with E-state index < -0.39 is 0 Å². The normalized spacial score (nSPS) is 23.0. The third kappa shape index (κ3) is 4.15. The van der Waals surface area contributed by atoms with Gasteiger partial charge in [0.25, 0.3) is 0 Å². The number of carbonyl (C=O) groups excluding carboxylic acids is 2. The third-order valence-corrected chi connectivity index (χ3v) is 5.13. The molecule has 2 amide bonds. The number of hydrogen-bond acceptors (Lipinski definition) is 3. The fourth-order valence-corrected chi connectivity index (χ4v) is 3.83. The van der Waals surface area contributed by atoms with Crippen molar-refractivity contribution in [3.05, 3.63) is 35.9 Å². The molecule has 1 aromatic rings. The predicted octanol–water partition coefficient (Wildman–Crippen LogP) is 1.91. The molecule has 5 heteroatoms. The molecule has 2 aliphatic rings. The standard InChI is InChI=1S/C19H26N2O3/c1-15(22)20-17-7-12-24-19(14-17)8-10-21(11-9-19)18(23)13-16-5-3-2-4-6-16/h2-6,17H,7-14H2,1H3,(H,20,22). The van der Waals surface area contributed by atoms with Crippen molar-refractivity contribution in [1.29, 1.82) is 0 Å². The number of carbonyl (C=O) groups is 2. The Morgan fingerprint density at radius 3 is 2.62 bits per heavy atom. The predicted molar refractivity (Wildman–Crippen MR) is 91.5 cm³/mol. The topological polar surface area (TPSA) is 58.6 Å². The fourth-order valence-electron chi connectivity index (χ4n) is 3.83. The van der Waals surface area contributed by atoms with Crippen LogP contribution in [-0.2, 0) is 20.7 Å². The van der Waals surface area contributed by atoms with E-state index in [9.17, 15) is 9.59 Å². The molecule has 130 valence electrons. The summed E-state index contributed by atoms with van der Waals surface area (Å²) in [6, 6.07) is 10.1. The Morgan fingerprint density at radius 1 is 1.25 bits per heavy atom. The lowest BCUT2D eigenvalue weighted by atomic mass is 9.82. The van der Waals surface area contributed by atoms with E-state index in [4.69, 9.17) is 4.74 Å². The van der Waals surface area contributed by atoms with Gasteiger partial charge in [0.15, 0.2) is 0 Å². The molecular formula is C19H26N2O3. The Hall–Kier alpha value is -1.88. The van der Waals surface area contributed by atoms with Gasteiger partial charge in [-0.3, -0.25) is 9.59 Å². The number of hydrogen-bond donors (Lipinski definition) is 1. The van der Waals surface area contributed by atoms with Crippen molar-refractivity contribution < 1.29 is 14.3 Å². The maximum atomic E-state index is 12.5. The van der Waals surface area contributed by atoms with E-state index in [0.717, 1.165) is 44.3 Å². The zero-order valence-corrected chi connectivity index (χ0v) is 14.3. The molecule has 1 atom stereocenters. The molecule has 0 bridgehead atoms. The van der Waals surface area contributed by atoms with Crippen LogP contribution in [0.5, 0.6) is 0 Å². The molecule has 1 aromatic carbocycles. The van der Waals surface area contributed by atoms with E-state index in [-0.39, 0.29) is 23.5 Å². The first-order valence-electron chi connectivity index (χ1n) is 8.79. The highest BCUT2D eigenvalue weighted by Crippen LogP contribution is 2.35. The Morgan fingerprint density at radius 2 is 1.96 bits per heavy atom. The van der Waals surface area contributed by atoms with Gasteiger partial charge in [0, 0.05) is 32.7 Å². The summed E-state index contributed by atoms with van der Waals surface area (Å²) in [7, 11) is 0. The minimum absolute atomic E-state index is 0.0209. The quantitative estimate of drug-likeness (QED) is 0.921.